The normalized spacial score (nSPS) is 23.9. The molecule has 1 saturated heterocycles. The van der Waals surface area contributed by atoms with Crippen LogP contribution in [0.15, 0.2) is 0 Å². The number of hydrogen-bond acceptors (Lipinski definition) is 3. The Bertz CT molecular complexity index is 221. The Morgan fingerprint density at radius 3 is 2.88 bits per heavy atom. The summed E-state index contributed by atoms with van der Waals surface area (Å²) in [5, 5.41) is 0. The number of hydrogen-bond donors (Lipinski definition) is 1. The maximum Gasteiger partial charge on any atom is 0.241 e. The summed E-state index contributed by atoms with van der Waals surface area (Å²) < 4.78 is 4.92. The van der Waals surface area contributed by atoms with Gasteiger partial charge in [-0.3, -0.25) is 4.79 Å². The van der Waals surface area contributed by atoms with Crippen LogP contribution in [-0.4, -0.2) is 43.7 Å². The molecular weight excluding hydrogens is 204 g/mol. The number of carbonyl (C=O) groups excluding carboxylic acids is 1. The molecule has 94 valence electrons. The lowest BCUT2D eigenvalue weighted by Crippen LogP contribution is -2.46. The highest BCUT2D eigenvalue weighted by atomic mass is 16.5. The van der Waals surface area contributed by atoms with Crippen molar-refractivity contribution in [2.24, 2.45) is 11.7 Å². The molecule has 1 amide bonds. The largest absolute Gasteiger partial charge is 0.383 e. The fourth-order valence-corrected chi connectivity index (χ4v) is 2.28. The number of nitrogens with two attached hydrogens (primary N) is 1. The number of rotatable bonds is 4. The van der Waals surface area contributed by atoms with Crippen molar-refractivity contribution < 1.29 is 9.53 Å². The number of likely N-dealkylation sites (tertiary alicyclic amines) is 1. The molecule has 0 radical (unpaired) electrons. The van der Waals surface area contributed by atoms with E-state index in [2.05, 4.69) is 6.92 Å². The third-order valence-corrected chi connectivity index (χ3v) is 3.40. The van der Waals surface area contributed by atoms with Gasteiger partial charge in [0.25, 0.3) is 0 Å². The lowest BCUT2D eigenvalue weighted by atomic mass is 9.98. The molecule has 0 aromatic heterocycles. The highest BCUT2D eigenvalue weighted by molar-refractivity contribution is 5.81. The van der Waals surface area contributed by atoms with Crippen molar-refractivity contribution in [1.29, 1.82) is 0 Å². The fourth-order valence-electron chi connectivity index (χ4n) is 2.28. The van der Waals surface area contributed by atoms with E-state index in [-0.39, 0.29) is 5.91 Å². The van der Waals surface area contributed by atoms with E-state index in [1.165, 1.54) is 12.8 Å². The van der Waals surface area contributed by atoms with Gasteiger partial charge in [-0.25, -0.2) is 0 Å². The van der Waals surface area contributed by atoms with E-state index < -0.39 is 6.04 Å². The van der Waals surface area contributed by atoms with Crippen LogP contribution >= 0.6 is 0 Å². The van der Waals surface area contributed by atoms with Gasteiger partial charge in [0.2, 0.25) is 5.91 Å². The van der Waals surface area contributed by atoms with Gasteiger partial charge < -0.3 is 15.4 Å². The Morgan fingerprint density at radius 2 is 2.25 bits per heavy atom. The zero-order valence-electron chi connectivity index (χ0n) is 10.4. The molecule has 0 aromatic carbocycles. The quantitative estimate of drug-likeness (QED) is 0.781. The van der Waals surface area contributed by atoms with Crippen molar-refractivity contribution in [2.75, 3.05) is 26.8 Å². The van der Waals surface area contributed by atoms with E-state index in [0.29, 0.717) is 6.61 Å². The van der Waals surface area contributed by atoms with Gasteiger partial charge in [-0.05, 0) is 25.2 Å². The zero-order valence-corrected chi connectivity index (χ0v) is 10.4. The van der Waals surface area contributed by atoms with Gasteiger partial charge in [-0.1, -0.05) is 13.3 Å². The second-order valence-corrected chi connectivity index (χ2v) is 4.59. The van der Waals surface area contributed by atoms with Crippen LogP contribution in [0.5, 0.6) is 0 Å². The molecule has 0 spiro atoms. The first kappa shape index (κ1) is 13.5. The van der Waals surface area contributed by atoms with Gasteiger partial charge in [0.15, 0.2) is 0 Å². The average Bonchev–Trinajstić information content (AvgIpc) is 2.53. The maximum absolute atomic E-state index is 12.0. The minimum absolute atomic E-state index is 0.0404. The van der Waals surface area contributed by atoms with Gasteiger partial charge in [0.05, 0.1) is 6.61 Å². The molecular formula is C12H24N2O2. The van der Waals surface area contributed by atoms with Crippen LogP contribution in [0.2, 0.25) is 0 Å². The van der Waals surface area contributed by atoms with Crippen LogP contribution in [0, 0.1) is 5.92 Å². The second-order valence-electron chi connectivity index (χ2n) is 4.59. The molecule has 2 atom stereocenters. The minimum Gasteiger partial charge on any atom is -0.383 e. The Kier molecular flexibility index (Phi) is 5.77. The van der Waals surface area contributed by atoms with Gasteiger partial charge in [-0.15, -0.1) is 0 Å². The molecule has 1 heterocycles. The van der Waals surface area contributed by atoms with Gasteiger partial charge in [-0.2, -0.15) is 0 Å². The van der Waals surface area contributed by atoms with Crippen LogP contribution in [0.25, 0.3) is 0 Å². The third-order valence-electron chi connectivity index (χ3n) is 3.40. The lowest BCUT2D eigenvalue weighted by molar-refractivity contribution is -0.133. The van der Waals surface area contributed by atoms with E-state index in [4.69, 9.17) is 10.5 Å². The summed E-state index contributed by atoms with van der Waals surface area (Å²) in [5.74, 6) is 0.815. The highest BCUT2D eigenvalue weighted by Crippen LogP contribution is 2.20. The third kappa shape index (κ3) is 3.76. The molecule has 4 heteroatoms. The summed E-state index contributed by atoms with van der Waals surface area (Å²) >= 11 is 0. The predicted molar refractivity (Wildman–Crippen MR) is 64.1 cm³/mol. The molecule has 0 aromatic rings. The van der Waals surface area contributed by atoms with Crippen molar-refractivity contribution in [1.82, 2.24) is 4.90 Å². The van der Waals surface area contributed by atoms with E-state index in [1.807, 2.05) is 4.90 Å². The summed E-state index contributed by atoms with van der Waals surface area (Å²) in [6.07, 6.45) is 4.66. The predicted octanol–water partition coefficient (Wildman–Crippen LogP) is 0.999. The highest BCUT2D eigenvalue weighted by Gasteiger charge is 2.23. The van der Waals surface area contributed by atoms with Crippen LogP contribution in [0.4, 0.5) is 0 Å². The van der Waals surface area contributed by atoms with E-state index >= 15 is 0 Å². The minimum atomic E-state index is -0.497. The summed E-state index contributed by atoms with van der Waals surface area (Å²) in [4.78, 5) is 13.9. The smallest absolute Gasteiger partial charge is 0.241 e. The Morgan fingerprint density at radius 1 is 1.50 bits per heavy atom. The van der Waals surface area contributed by atoms with Crippen LogP contribution in [0.1, 0.15) is 32.6 Å². The van der Waals surface area contributed by atoms with Crippen molar-refractivity contribution in [2.45, 2.75) is 38.6 Å². The first-order valence-electron chi connectivity index (χ1n) is 6.22. The molecule has 0 bridgehead atoms. The SMILES string of the molecule is CCC1CCCN(C(=O)C(N)COC)CC1. The Balaban J connectivity index is 2.44. The average molecular weight is 228 g/mol. The summed E-state index contributed by atoms with van der Waals surface area (Å²) in [7, 11) is 1.57. The Labute approximate surface area is 98.1 Å². The second kappa shape index (κ2) is 6.86. The van der Waals surface area contributed by atoms with Crippen LogP contribution in [0.3, 0.4) is 0 Å². The molecule has 4 nitrogen and oxygen atoms in total. The van der Waals surface area contributed by atoms with Crippen molar-refractivity contribution in [3.05, 3.63) is 0 Å². The molecule has 0 saturated carbocycles. The van der Waals surface area contributed by atoms with E-state index in [0.717, 1.165) is 31.8 Å². The van der Waals surface area contributed by atoms with Gasteiger partial charge in [0, 0.05) is 20.2 Å². The molecule has 1 aliphatic rings. The molecule has 0 aliphatic carbocycles. The molecule has 2 N–H and O–H groups in total. The summed E-state index contributed by atoms with van der Waals surface area (Å²) in [6.45, 7) is 4.24. The van der Waals surface area contributed by atoms with E-state index in [9.17, 15) is 4.79 Å². The van der Waals surface area contributed by atoms with Crippen LogP contribution < -0.4 is 5.73 Å². The fraction of sp³-hybridized carbons (Fsp3) is 0.917. The molecule has 1 aliphatic heterocycles. The molecule has 16 heavy (non-hydrogen) atoms. The van der Waals surface area contributed by atoms with E-state index in [1.54, 1.807) is 7.11 Å². The first-order valence-corrected chi connectivity index (χ1v) is 6.22. The number of nitrogens with zero attached hydrogens (tertiary/aromatic N) is 1. The first-order chi connectivity index (χ1) is 7.69. The lowest BCUT2D eigenvalue weighted by Gasteiger charge is -2.23. The van der Waals surface area contributed by atoms with Crippen molar-refractivity contribution >= 4 is 5.91 Å². The summed E-state index contributed by atoms with van der Waals surface area (Å²) in [6, 6.07) is -0.497. The van der Waals surface area contributed by atoms with Crippen molar-refractivity contribution in [3.63, 3.8) is 0 Å². The number of ether oxygens (including phenoxy) is 1. The zero-order chi connectivity index (χ0) is 12.0. The van der Waals surface area contributed by atoms with Gasteiger partial charge >= 0.3 is 0 Å². The number of amides is 1. The topological polar surface area (TPSA) is 55.6 Å². The monoisotopic (exact) mass is 228 g/mol. The molecule has 2 unspecified atom stereocenters. The Hall–Kier alpha value is -0.610. The van der Waals surface area contributed by atoms with Gasteiger partial charge in [0.1, 0.15) is 6.04 Å². The number of carbonyl (C=O) groups is 1. The molecule has 1 fully saturated rings. The van der Waals surface area contributed by atoms with Crippen LogP contribution in [-0.2, 0) is 9.53 Å². The number of methoxy groups -OCH3 is 1. The van der Waals surface area contributed by atoms with Crippen molar-refractivity contribution in [3.8, 4) is 0 Å². The summed E-state index contributed by atoms with van der Waals surface area (Å²) in [5.41, 5.74) is 5.76. The maximum atomic E-state index is 12.0. The molecule has 1 rings (SSSR count). The standard InChI is InChI=1S/C12H24N2O2/c1-3-10-5-4-7-14(8-6-10)12(15)11(13)9-16-2/h10-11H,3-9,13H2,1-2H3.